The third kappa shape index (κ3) is 2.67. The van der Waals surface area contributed by atoms with Gasteiger partial charge in [-0.1, -0.05) is 30.3 Å². The molecule has 0 radical (unpaired) electrons. The molecule has 4 heteroatoms. The molecule has 1 heterocycles. The van der Waals surface area contributed by atoms with Crippen molar-refractivity contribution in [2.24, 2.45) is 0 Å². The molecule has 1 N–H and O–H groups in total. The van der Waals surface area contributed by atoms with E-state index < -0.39 is 0 Å². The van der Waals surface area contributed by atoms with Gasteiger partial charge in [0, 0.05) is 16.1 Å². The predicted molar refractivity (Wildman–Crippen MR) is 88.6 cm³/mol. The van der Waals surface area contributed by atoms with Crippen LogP contribution in [0.2, 0.25) is 0 Å². The van der Waals surface area contributed by atoms with Crippen LogP contribution in [0, 0.1) is 6.92 Å². The lowest BCUT2D eigenvalue weighted by Crippen LogP contribution is -2.13. The number of benzene rings is 2. The van der Waals surface area contributed by atoms with E-state index in [2.05, 4.69) is 26.2 Å². The molecule has 0 spiro atoms. The summed E-state index contributed by atoms with van der Waals surface area (Å²) in [7, 11) is 0. The van der Waals surface area contributed by atoms with Gasteiger partial charge in [-0.15, -0.1) is 0 Å². The van der Waals surface area contributed by atoms with Gasteiger partial charge in [-0.3, -0.25) is 9.78 Å². The Morgan fingerprint density at radius 1 is 1.10 bits per heavy atom. The van der Waals surface area contributed by atoms with Gasteiger partial charge in [0.05, 0.1) is 16.8 Å². The number of halogens is 1. The maximum absolute atomic E-state index is 12.5. The number of carbonyl (C=O) groups is 1. The fraction of sp³-hybridized carbons (Fsp3) is 0.0588. The van der Waals surface area contributed by atoms with Gasteiger partial charge in [-0.25, -0.2) is 0 Å². The highest BCUT2D eigenvalue weighted by atomic mass is 79.9. The van der Waals surface area contributed by atoms with Crippen molar-refractivity contribution in [3.05, 3.63) is 70.3 Å². The smallest absolute Gasteiger partial charge is 0.257 e. The molecule has 0 atom stereocenters. The number of para-hydroxylation sites is 1. The number of hydrogen-bond donors (Lipinski definition) is 1. The Balaban J connectivity index is 2.00. The predicted octanol–water partition coefficient (Wildman–Crippen LogP) is 4.56. The van der Waals surface area contributed by atoms with E-state index in [0.717, 1.165) is 21.1 Å². The van der Waals surface area contributed by atoms with Crippen LogP contribution < -0.4 is 5.32 Å². The van der Waals surface area contributed by atoms with E-state index in [4.69, 9.17) is 0 Å². The summed E-state index contributed by atoms with van der Waals surface area (Å²) in [5.41, 5.74) is 3.11. The number of fused-ring (bicyclic) bond motifs is 1. The lowest BCUT2D eigenvalue weighted by Gasteiger charge is -2.10. The summed E-state index contributed by atoms with van der Waals surface area (Å²) in [5, 5.41) is 3.89. The first-order valence-electron chi connectivity index (χ1n) is 6.57. The van der Waals surface area contributed by atoms with Crippen molar-refractivity contribution < 1.29 is 4.79 Å². The van der Waals surface area contributed by atoms with Crippen molar-refractivity contribution in [2.45, 2.75) is 6.92 Å². The van der Waals surface area contributed by atoms with Crippen LogP contribution in [-0.4, -0.2) is 10.9 Å². The molecule has 3 rings (SSSR count). The number of nitrogens with zero attached hydrogens (tertiary/aromatic N) is 1. The lowest BCUT2D eigenvalue weighted by molar-refractivity contribution is 0.102. The normalized spacial score (nSPS) is 10.6. The molecular formula is C17H13BrN2O. The summed E-state index contributed by atoms with van der Waals surface area (Å²) < 4.78 is 0.895. The zero-order chi connectivity index (χ0) is 14.8. The SMILES string of the molecule is Cc1cccc(NC(=O)c2cccc3cccnc23)c1Br. The molecule has 0 aliphatic carbocycles. The van der Waals surface area contributed by atoms with E-state index in [1.165, 1.54) is 0 Å². The van der Waals surface area contributed by atoms with Crippen LogP contribution in [0.4, 0.5) is 5.69 Å². The van der Waals surface area contributed by atoms with Crippen LogP contribution in [0.25, 0.3) is 10.9 Å². The molecule has 1 aromatic heterocycles. The zero-order valence-corrected chi connectivity index (χ0v) is 13.0. The third-order valence-corrected chi connectivity index (χ3v) is 4.37. The third-order valence-electron chi connectivity index (χ3n) is 3.32. The molecule has 0 bridgehead atoms. The highest BCUT2D eigenvalue weighted by Crippen LogP contribution is 2.26. The average Bonchev–Trinajstić information content (AvgIpc) is 2.51. The lowest BCUT2D eigenvalue weighted by atomic mass is 10.1. The summed E-state index contributed by atoms with van der Waals surface area (Å²) in [5.74, 6) is -0.161. The molecule has 104 valence electrons. The molecule has 3 aromatic rings. The van der Waals surface area contributed by atoms with Crippen LogP contribution >= 0.6 is 15.9 Å². The summed E-state index contributed by atoms with van der Waals surface area (Å²) in [6.45, 7) is 1.99. The Morgan fingerprint density at radius 3 is 2.71 bits per heavy atom. The molecule has 0 aliphatic rings. The number of aryl methyl sites for hydroxylation is 1. The quantitative estimate of drug-likeness (QED) is 0.743. The molecule has 0 saturated carbocycles. The minimum absolute atomic E-state index is 0.161. The highest BCUT2D eigenvalue weighted by Gasteiger charge is 2.12. The Hall–Kier alpha value is -2.20. The van der Waals surface area contributed by atoms with Gasteiger partial charge in [0.15, 0.2) is 0 Å². The van der Waals surface area contributed by atoms with Crippen molar-refractivity contribution >= 4 is 38.4 Å². The minimum atomic E-state index is -0.161. The van der Waals surface area contributed by atoms with Gasteiger partial charge >= 0.3 is 0 Å². The topological polar surface area (TPSA) is 42.0 Å². The van der Waals surface area contributed by atoms with Gasteiger partial charge in [-0.2, -0.15) is 0 Å². The van der Waals surface area contributed by atoms with Crippen LogP contribution in [-0.2, 0) is 0 Å². The Labute approximate surface area is 131 Å². The number of hydrogen-bond acceptors (Lipinski definition) is 2. The summed E-state index contributed by atoms with van der Waals surface area (Å²) in [6, 6.07) is 15.2. The molecule has 0 aliphatic heterocycles. The molecule has 1 amide bonds. The second kappa shape index (κ2) is 5.66. The van der Waals surface area contributed by atoms with E-state index in [9.17, 15) is 4.79 Å². The maximum Gasteiger partial charge on any atom is 0.257 e. The largest absolute Gasteiger partial charge is 0.321 e. The first-order valence-corrected chi connectivity index (χ1v) is 7.36. The number of aromatic nitrogens is 1. The first kappa shape index (κ1) is 13.8. The van der Waals surface area contributed by atoms with Gasteiger partial charge < -0.3 is 5.32 Å². The molecule has 0 unspecified atom stereocenters. The second-order valence-electron chi connectivity index (χ2n) is 4.77. The van der Waals surface area contributed by atoms with Crippen LogP contribution in [0.3, 0.4) is 0 Å². The van der Waals surface area contributed by atoms with Crippen LogP contribution in [0.1, 0.15) is 15.9 Å². The van der Waals surface area contributed by atoms with Crippen molar-refractivity contribution in [3.63, 3.8) is 0 Å². The first-order chi connectivity index (χ1) is 10.2. The number of pyridine rings is 1. The minimum Gasteiger partial charge on any atom is -0.321 e. The maximum atomic E-state index is 12.5. The molecule has 0 saturated heterocycles. The number of amides is 1. The molecular weight excluding hydrogens is 328 g/mol. The average molecular weight is 341 g/mol. The Bertz CT molecular complexity index is 825. The van der Waals surface area contributed by atoms with Crippen molar-refractivity contribution in [1.82, 2.24) is 4.98 Å². The summed E-state index contributed by atoms with van der Waals surface area (Å²) in [6.07, 6.45) is 1.70. The molecule has 21 heavy (non-hydrogen) atoms. The van der Waals surface area contributed by atoms with E-state index in [1.807, 2.05) is 49.4 Å². The Morgan fingerprint density at radius 2 is 1.86 bits per heavy atom. The number of carbonyl (C=O) groups excluding carboxylic acids is 1. The monoisotopic (exact) mass is 340 g/mol. The standard InChI is InChI=1S/C17H13BrN2O/c1-11-5-2-9-14(15(11)18)20-17(21)13-8-3-6-12-7-4-10-19-16(12)13/h2-10H,1H3,(H,20,21). The van der Waals surface area contributed by atoms with Crippen LogP contribution in [0.5, 0.6) is 0 Å². The highest BCUT2D eigenvalue weighted by molar-refractivity contribution is 9.10. The van der Waals surface area contributed by atoms with Crippen molar-refractivity contribution in [1.29, 1.82) is 0 Å². The molecule has 0 fully saturated rings. The second-order valence-corrected chi connectivity index (χ2v) is 5.56. The van der Waals surface area contributed by atoms with E-state index in [-0.39, 0.29) is 5.91 Å². The molecule has 3 nitrogen and oxygen atoms in total. The van der Waals surface area contributed by atoms with E-state index >= 15 is 0 Å². The molecule has 2 aromatic carbocycles. The van der Waals surface area contributed by atoms with Gasteiger partial charge in [0.25, 0.3) is 5.91 Å². The number of anilines is 1. The number of rotatable bonds is 2. The summed E-state index contributed by atoms with van der Waals surface area (Å²) >= 11 is 3.50. The Kier molecular flexibility index (Phi) is 3.71. The summed E-state index contributed by atoms with van der Waals surface area (Å²) in [4.78, 5) is 16.8. The van der Waals surface area contributed by atoms with E-state index in [0.29, 0.717) is 11.1 Å². The fourth-order valence-electron chi connectivity index (χ4n) is 2.22. The number of nitrogens with one attached hydrogen (secondary N) is 1. The van der Waals surface area contributed by atoms with Gasteiger partial charge in [0.2, 0.25) is 0 Å². The fourth-order valence-corrected chi connectivity index (χ4v) is 2.58. The zero-order valence-electron chi connectivity index (χ0n) is 11.4. The van der Waals surface area contributed by atoms with Crippen molar-refractivity contribution in [3.8, 4) is 0 Å². The van der Waals surface area contributed by atoms with Crippen molar-refractivity contribution in [2.75, 3.05) is 5.32 Å². The van der Waals surface area contributed by atoms with Gasteiger partial charge in [-0.05, 0) is 46.6 Å². The van der Waals surface area contributed by atoms with Gasteiger partial charge in [0.1, 0.15) is 0 Å². The van der Waals surface area contributed by atoms with E-state index in [1.54, 1.807) is 12.3 Å². The van der Waals surface area contributed by atoms with Crippen LogP contribution in [0.15, 0.2) is 59.2 Å².